The molecule has 0 atom stereocenters. The number of anilines is 3. The molecule has 5 rings (SSSR count). The third kappa shape index (κ3) is 4.61. The van der Waals surface area contributed by atoms with Crippen LogP contribution >= 0.6 is 0 Å². The SMILES string of the molecule is NC(=O)C1CCC(n2c(Nc3ccccc3F)nc3cnc(NC4CCOCC4)nc32)CC1. The maximum atomic E-state index is 14.4. The number of rotatable bonds is 6. The lowest BCUT2D eigenvalue weighted by Gasteiger charge is -2.29. The Labute approximate surface area is 190 Å². The number of ether oxygens (including phenoxy) is 1. The zero-order valence-corrected chi connectivity index (χ0v) is 18.3. The summed E-state index contributed by atoms with van der Waals surface area (Å²) in [5, 5.41) is 6.55. The van der Waals surface area contributed by atoms with Gasteiger partial charge in [0.1, 0.15) is 11.3 Å². The van der Waals surface area contributed by atoms with Gasteiger partial charge >= 0.3 is 0 Å². The fourth-order valence-corrected chi connectivity index (χ4v) is 4.72. The molecule has 2 aliphatic rings. The van der Waals surface area contributed by atoms with Gasteiger partial charge in [-0.3, -0.25) is 9.36 Å². The van der Waals surface area contributed by atoms with Crippen LogP contribution in [0.5, 0.6) is 0 Å². The van der Waals surface area contributed by atoms with Crippen LogP contribution in [0, 0.1) is 11.7 Å². The normalized spacial score (nSPS) is 21.7. The molecule has 174 valence electrons. The lowest BCUT2D eigenvalue weighted by molar-refractivity contribution is -0.122. The first-order chi connectivity index (χ1) is 16.1. The number of halogens is 1. The molecule has 1 amide bonds. The minimum Gasteiger partial charge on any atom is -0.381 e. The second kappa shape index (κ2) is 9.30. The van der Waals surface area contributed by atoms with Crippen LogP contribution in [-0.4, -0.2) is 44.7 Å². The third-order valence-corrected chi connectivity index (χ3v) is 6.57. The van der Waals surface area contributed by atoms with E-state index in [0.29, 0.717) is 41.6 Å². The fourth-order valence-electron chi connectivity index (χ4n) is 4.72. The zero-order chi connectivity index (χ0) is 22.8. The van der Waals surface area contributed by atoms with Gasteiger partial charge in [0, 0.05) is 31.2 Å². The molecule has 2 fully saturated rings. The van der Waals surface area contributed by atoms with Crippen LogP contribution in [0.1, 0.15) is 44.6 Å². The molecule has 1 aromatic carbocycles. The Bertz CT molecular complexity index is 1140. The number of benzene rings is 1. The second-order valence-corrected chi connectivity index (χ2v) is 8.75. The van der Waals surface area contributed by atoms with Gasteiger partial charge in [0.05, 0.1) is 11.9 Å². The maximum Gasteiger partial charge on any atom is 0.224 e. The van der Waals surface area contributed by atoms with Crippen molar-refractivity contribution in [3.63, 3.8) is 0 Å². The van der Waals surface area contributed by atoms with Crippen molar-refractivity contribution in [1.29, 1.82) is 0 Å². The molecule has 1 aliphatic heterocycles. The lowest BCUT2D eigenvalue weighted by Crippen LogP contribution is -2.29. The van der Waals surface area contributed by atoms with Gasteiger partial charge in [-0.25, -0.2) is 14.4 Å². The van der Waals surface area contributed by atoms with Gasteiger partial charge in [0.15, 0.2) is 5.65 Å². The maximum absolute atomic E-state index is 14.4. The van der Waals surface area contributed by atoms with Gasteiger partial charge in [-0.2, -0.15) is 4.98 Å². The van der Waals surface area contributed by atoms with E-state index in [9.17, 15) is 9.18 Å². The van der Waals surface area contributed by atoms with E-state index in [1.54, 1.807) is 24.4 Å². The molecule has 33 heavy (non-hydrogen) atoms. The second-order valence-electron chi connectivity index (χ2n) is 8.75. The predicted molar refractivity (Wildman–Crippen MR) is 123 cm³/mol. The van der Waals surface area contributed by atoms with Crippen molar-refractivity contribution in [2.45, 2.75) is 50.6 Å². The zero-order valence-electron chi connectivity index (χ0n) is 18.3. The fraction of sp³-hybridized carbons (Fsp3) is 0.478. The molecular formula is C23H28FN7O2. The largest absolute Gasteiger partial charge is 0.381 e. The number of nitrogens with zero attached hydrogens (tertiary/aromatic N) is 4. The Balaban J connectivity index is 1.50. The average Bonchev–Trinajstić information content (AvgIpc) is 3.18. The molecule has 1 saturated carbocycles. The Morgan fingerprint density at radius 2 is 1.85 bits per heavy atom. The molecule has 0 bridgehead atoms. The van der Waals surface area contributed by atoms with E-state index in [4.69, 9.17) is 15.5 Å². The molecule has 4 N–H and O–H groups in total. The van der Waals surface area contributed by atoms with E-state index >= 15 is 0 Å². The molecule has 3 heterocycles. The number of fused-ring (bicyclic) bond motifs is 1. The third-order valence-electron chi connectivity index (χ3n) is 6.57. The highest BCUT2D eigenvalue weighted by Crippen LogP contribution is 2.37. The van der Waals surface area contributed by atoms with Gasteiger partial charge < -0.3 is 21.1 Å². The van der Waals surface area contributed by atoms with E-state index in [2.05, 4.69) is 20.6 Å². The average molecular weight is 454 g/mol. The van der Waals surface area contributed by atoms with Gasteiger partial charge in [0.25, 0.3) is 0 Å². The summed E-state index contributed by atoms with van der Waals surface area (Å²) < 4.78 is 21.8. The summed E-state index contributed by atoms with van der Waals surface area (Å²) in [6.45, 7) is 1.44. The monoisotopic (exact) mass is 453 g/mol. The van der Waals surface area contributed by atoms with Crippen molar-refractivity contribution in [3.8, 4) is 0 Å². The molecule has 9 nitrogen and oxygen atoms in total. The lowest BCUT2D eigenvalue weighted by atomic mass is 9.85. The Hall–Kier alpha value is -3.27. The van der Waals surface area contributed by atoms with Crippen LogP contribution in [-0.2, 0) is 9.53 Å². The molecule has 1 saturated heterocycles. The topological polar surface area (TPSA) is 120 Å². The number of primary amides is 1. The van der Waals surface area contributed by atoms with Crippen molar-refractivity contribution < 1.29 is 13.9 Å². The van der Waals surface area contributed by atoms with Gasteiger partial charge in [-0.1, -0.05) is 12.1 Å². The number of nitrogens with two attached hydrogens (primary N) is 1. The summed E-state index contributed by atoms with van der Waals surface area (Å²) >= 11 is 0. The van der Waals surface area contributed by atoms with Crippen LogP contribution in [0.25, 0.3) is 11.2 Å². The van der Waals surface area contributed by atoms with Crippen molar-refractivity contribution in [3.05, 3.63) is 36.3 Å². The summed E-state index contributed by atoms with van der Waals surface area (Å²) in [6, 6.07) is 6.82. The Kier molecular flexibility index (Phi) is 6.08. The van der Waals surface area contributed by atoms with Crippen molar-refractivity contribution >= 4 is 34.7 Å². The summed E-state index contributed by atoms with van der Waals surface area (Å²) in [6.07, 6.45) is 6.43. The number of aromatic nitrogens is 4. The number of amides is 1. The predicted octanol–water partition coefficient (Wildman–Crippen LogP) is 3.52. The number of hydrogen-bond donors (Lipinski definition) is 3. The molecular weight excluding hydrogens is 425 g/mol. The highest BCUT2D eigenvalue weighted by atomic mass is 19.1. The summed E-state index contributed by atoms with van der Waals surface area (Å²) in [4.78, 5) is 25.6. The number of imidazole rings is 1. The molecule has 0 spiro atoms. The van der Waals surface area contributed by atoms with Gasteiger partial charge in [0.2, 0.25) is 17.8 Å². The van der Waals surface area contributed by atoms with E-state index in [0.717, 1.165) is 38.9 Å². The smallest absolute Gasteiger partial charge is 0.224 e. The van der Waals surface area contributed by atoms with Crippen molar-refractivity contribution in [2.75, 3.05) is 23.8 Å². The van der Waals surface area contributed by atoms with Crippen LogP contribution in [0.15, 0.2) is 30.5 Å². The van der Waals surface area contributed by atoms with Gasteiger partial charge in [-0.15, -0.1) is 0 Å². The quantitative estimate of drug-likeness (QED) is 0.522. The first-order valence-electron chi connectivity index (χ1n) is 11.5. The molecule has 10 heteroatoms. The Morgan fingerprint density at radius 3 is 2.58 bits per heavy atom. The number of nitrogens with one attached hydrogen (secondary N) is 2. The van der Waals surface area contributed by atoms with Crippen LogP contribution < -0.4 is 16.4 Å². The highest BCUT2D eigenvalue weighted by Gasteiger charge is 2.29. The summed E-state index contributed by atoms with van der Waals surface area (Å²) in [7, 11) is 0. The molecule has 0 radical (unpaired) electrons. The van der Waals surface area contributed by atoms with Crippen LogP contribution in [0.4, 0.5) is 22.0 Å². The molecule has 0 unspecified atom stereocenters. The van der Waals surface area contributed by atoms with E-state index < -0.39 is 0 Å². The van der Waals surface area contributed by atoms with Crippen molar-refractivity contribution in [2.24, 2.45) is 11.7 Å². The molecule has 2 aromatic heterocycles. The van der Waals surface area contributed by atoms with E-state index in [-0.39, 0.29) is 29.7 Å². The van der Waals surface area contributed by atoms with Crippen LogP contribution in [0.3, 0.4) is 0 Å². The number of carbonyl (C=O) groups excluding carboxylic acids is 1. The number of hydrogen-bond acceptors (Lipinski definition) is 7. The molecule has 3 aromatic rings. The van der Waals surface area contributed by atoms with Crippen molar-refractivity contribution in [1.82, 2.24) is 19.5 Å². The first kappa shape index (κ1) is 21.6. The summed E-state index contributed by atoms with van der Waals surface area (Å²) in [5.41, 5.74) is 7.18. The number of carbonyl (C=O) groups is 1. The Morgan fingerprint density at radius 1 is 1.09 bits per heavy atom. The summed E-state index contributed by atoms with van der Waals surface area (Å²) in [5.74, 6) is 0.328. The van der Waals surface area contributed by atoms with Crippen LogP contribution in [0.2, 0.25) is 0 Å². The molecule has 1 aliphatic carbocycles. The van der Waals surface area contributed by atoms with E-state index in [1.165, 1.54) is 6.07 Å². The highest BCUT2D eigenvalue weighted by molar-refractivity contribution is 5.77. The van der Waals surface area contributed by atoms with E-state index in [1.807, 2.05) is 4.57 Å². The first-order valence-corrected chi connectivity index (χ1v) is 11.5. The number of para-hydroxylation sites is 1. The standard InChI is InChI=1S/C23H28FN7O2/c24-17-3-1-2-4-18(17)28-23-29-19-13-26-22(27-15-9-11-33-12-10-15)30-21(19)31(23)16-7-5-14(6-8-16)20(25)32/h1-4,13-16H,5-12H2,(H2,25,32)(H,28,29)(H,26,27,30). The van der Waals surface area contributed by atoms with Gasteiger partial charge in [-0.05, 0) is 50.7 Å². The minimum atomic E-state index is -0.360. The minimum absolute atomic E-state index is 0.0608.